The molecule has 1 heterocycles. The van der Waals surface area contributed by atoms with Gasteiger partial charge in [-0.15, -0.1) is 0 Å². The molecule has 0 aliphatic carbocycles. The van der Waals surface area contributed by atoms with Crippen molar-refractivity contribution in [3.8, 4) is 11.5 Å². The average Bonchev–Trinajstić information content (AvgIpc) is 2.59. The van der Waals surface area contributed by atoms with E-state index in [9.17, 15) is 9.18 Å². The first kappa shape index (κ1) is 15.3. The topological polar surface area (TPSA) is 47.6 Å². The third kappa shape index (κ3) is 4.00. The van der Waals surface area contributed by atoms with Crippen molar-refractivity contribution in [1.82, 2.24) is 5.32 Å². The SMILES string of the molecule is O=C(CCc1ccccc1F)NC[C@@H]1COc2ccccc2O1. The molecule has 0 saturated carbocycles. The molecule has 3 rings (SSSR count). The summed E-state index contributed by atoms with van der Waals surface area (Å²) >= 11 is 0. The maximum absolute atomic E-state index is 13.5. The number of ether oxygens (including phenoxy) is 2. The fourth-order valence-corrected chi connectivity index (χ4v) is 2.43. The minimum Gasteiger partial charge on any atom is -0.486 e. The molecule has 5 heteroatoms. The Morgan fingerprint density at radius 1 is 1.13 bits per heavy atom. The highest BCUT2D eigenvalue weighted by molar-refractivity contribution is 5.76. The molecule has 0 unspecified atom stereocenters. The van der Waals surface area contributed by atoms with Crippen LogP contribution in [0.4, 0.5) is 4.39 Å². The van der Waals surface area contributed by atoms with Crippen LogP contribution < -0.4 is 14.8 Å². The minimum absolute atomic E-state index is 0.129. The van der Waals surface area contributed by atoms with Gasteiger partial charge >= 0.3 is 0 Å². The summed E-state index contributed by atoms with van der Waals surface area (Å²) in [6.45, 7) is 0.759. The Bertz CT molecular complexity index is 689. The first-order valence-electron chi connectivity index (χ1n) is 7.61. The van der Waals surface area contributed by atoms with Crippen LogP contribution in [0.2, 0.25) is 0 Å². The van der Waals surface area contributed by atoms with Crippen molar-refractivity contribution in [2.24, 2.45) is 0 Å². The quantitative estimate of drug-likeness (QED) is 0.923. The Morgan fingerprint density at radius 2 is 1.87 bits per heavy atom. The lowest BCUT2D eigenvalue weighted by Gasteiger charge is -2.26. The standard InChI is InChI=1S/C18H18FNO3/c19-15-6-2-1-5-13(15)9-10-18(21)20-11-14-12-22-16-7-3-4-8-17(16)23-14/h1-8,14H,9-12H2,(H,20,21)/t14-/m1/s1. The maximum Gasteiger partial charge on any atom is 0.220 e. The maximum atomic E-state index is 13.5. The Hall–Kier alpha value is -2.56. The lowest BCUT2D eigenvalue weighted by atomic mass is 10.1. The molecule has 23 heavy (non-hydrogen) atoms. The van der Waals surface area contributed by atoms with E-state index in [2.05, 4.69) is 5.32 Å². The zero-order valence-corrected chi connectivity index (χ0v) is 12.6. The van der Waals surface area contributed by atoms with E-state index in [0.29, 0.717) is 30.9 Å². The smallest absolute Gasteiger partial charge is 0.220 e. The molecule has 120 valence electrons. The third-order valence-corrected chi connectivity index (χ3v) is 3.67. The van der Waals surface area contributed by atoms with Crippen LogP contribution in [0.15, 0.2) is 48.5 Å². The first-order chi connectivity index (χ1) is 11.2. The largest absolute Gasteiger partial charge is 0.486 e. The van der Waals surface area contributed by atoms with E-state index in [1.807, 2.05) is 24.3 Å². The van der Waals surface area contributed by atoms with Crippen molar-refractivity contribution in [2.45, 2.75) is 18.9 Å². The summed E-state index contributed by atoms with van der Waals surface area (Å²) in [5, 5.41) is 2.81. The molecule has 1 N–H and O–H groups in total. The van der Waals surface area contributed by atoms with Gasteiger partial charge in [0, 0.05) is 6.42 Å². The van der Waals surface area contributed by atoms with Crippen LogP contribution in [-0.4, -0.2) is 25.2 Å². The predicted molar refractivity (Wildman–Crippen MR) is 84.1 cm³/mol. The summed E-state index contributed by atoms with van der Waals surface area (Å²) < 4.78 is 24.8. The van der Waals surface area contributed by atoms with Crippen molar-refractivity contribution in [1.29, 1.82) is 0 Å². The monoisotopic (exact) mass is 315 g/mol. The second kappa shape index (κ2) is 7.13. The van der Waals surface area contributed by atoms with Gasteiger partial charge in [0.05, 0.1) is 6.54 Å². The number of carbonyl (C=O) groups excluding carboxylic acids is 1. The van der Waals surface area contributed by atoms with Gasteiger partial charge in [0.25, 0.3) is 0 Å². The Morgan fingerprint density at radius 3 is 2.70 bits per heavy atom. The molecule has 0 aromatic heterocycles. The average molecular weight is 315 g/mol. The van der Waals surface area contributed by atoms with Gasteiger partial charge in [-0.1, -0.05) is 30.3 Å². The molecule has 1 aliphatic rings. The van der Waals surface area contributed by atoms with E-state index in [-0.39, 0.29) is 24.2 Å². The molecule has 0 saturated heterocycles. The van der Waals surface area contributed by atoms with Crippen LogP contribution in [0.5, 0.6) is 11.5 Å². The predicted octanol–water partition coefficient (Wildman–Crippen LogP) is 2.71. The third-order valence-electron chi connectivity index (χ3n) is 3.67. The lowest BCUT2D eigenvalue weighted by Crippen LogP contribution is -2.40. The summed E-state index contributed by atoms with van der Waals surface area (Å²) in [6, 6.07) is 13.9. The summed E-state index contributed by atoms with van der Waals surface area (Å²) in [7, 11) is 0. The number of hydrogen-bond acceptors (Lipinski definition) is 3. The Labute approximate surface area is 134 Å². The van der Waals surface area contributed by atoms with E-state index >= 15 is 0 Å². The first-order valence-corrected chi connectivity index (χ1v) is 7.61. The molecular formula is C18H18FNO3. The summed E-state index contributed by atoms with van der Waals surface area (Å²) in [6.07, 6.45) is 0.399. The lowest BCUT2D eigenvalue weighted by molar-refractivity contribution is -0.121. The molecule has 0 spiro atoms. The van der Waals surface area contributed by atoms with Crippen molar-refractivity contribution < 1.29 is 18.7 Å². The summed E-state index contributed by atoms with van der Waals surface area (Å²) in [5.74, 6) is 0.996. The van der Waals surface area contributed by atoms with Gasteiger partial charge < -0.3 is 14.8 Å². The van der Waals surface area contributed by atoms with Crippen LogP contribution in [0.3, 0.4) is 0 Å². The molecule has 1 atom stereocenters. The highest BCUT2D eigenvalue weighted by Crippen LogP contribution is 2.30. The van der Waals surface area contributed by atoms with Gasteiger partial charge in [-0.2, -0.15) is 0 Å². The molecule has 0 radical (unpaired) electrons. The van der Waals surface area contributed by atoms with Crippen molar-refractivity contribution in [2.75, 3.05) is 13.2 Å². The number of rotatable bonds is 5. The van der Waals surface area contributed by atoms with E-state index in [4.69, 9.17) is 9.47 Å². The zero-order chi connectivity index (χ0) is 16.1. The number of para-hydroxylation sites is 2. The molecule has 2 aromatic carbocycles. The van der Waals surface area contributed by atoms with Gasteiger partial charge in [-0.25, -0.2) is 4.39 Å². The Kier molecular flexibility index (Phi) is 4.76. The normalized spacial score (nSPS) is 16.0. The second-order valence-electron chi connectivity index (χ2n) is 5.39. The van der Waals surface area contributed by atoms with Crippen LogP contribution in [-0.2, 0) is 11.2 Å². The second-order valence-corrected chi connectivity index (χ2v) is 5.39. The molecule has 1 aliphatic heterocycles. The molecule has 1 amide bonds. The van der Waals surface area contributed by atoms with E-state index in [1.165, 1.54) is 6.07 Å². The van der Waals surface area contributed by atoms with Gasteiger partial charge in [0.15, 0.2) is 11.5 Å². The number of amides is 1. The van der Waals surface area contributed by atoms with Crippen LogP contribution in [0.25, 0.3) is 0 Å². The zero-order valence-electron chi connectivity index (χ0n) is 12.6. The molecule has 4 nitrogen and oxygen atoms in total. The Balaban J connectivity index is 1.44. The fraction of sp³-hybridized carbons (Fsp3) is 0.278. The molecular weight excluding hydrogens is 297 g/mol. The van der Waals surface area contributed by atoms with E-state index in [1.54, 1.807) is 18.2 Å². The summed E-state index contributed by atoms with van der Waals surface area (Å²) in [5.41, 5.74) is 0.550. The number of benzene rings is 2. The summed E-state index contributed by atoms with van der Waals surface area (Å²) in [4.78, 5) is 11.9. The van der Waals surface area contributed by atoms with Crippen molar-refractivity contribution >= 4 is 5.91 Å². The number of fused-ring (bicyclic) bond motifs is 1. The van der Waals surface area contributed by atoms with Crippen molar-refractivity contribution in [3.63, 3.8) is 0 Å². The number of nitrogens with one attached hydrogen (secondary N) is 1. The highest BCUT2D eigenvalue weighted by Gasteiger charge is 2.20. The molecule has 2 aromatic rings. The van der Waals surface area contributed by atoms with Gasteiger partial charge in [0.1, 0.15) is 18.5 Å². The van der Waals surface area contributed by atoms with Gasteiger partial charge in [0.2, 0.25) is 5.91 Å². The van der Waals surface area contributed by atoms with Gasteiger partial charge in [-0.05, 0) is 30.2 Å². The van der Waals surface area contributed by atoms with E-state index < -0.39 is 0 Å². The number of carbonyl (C=O) groups is 1. The highest BCUT2D eigenvalue weighted by atomic mass is 19.1. The number of hydrogen-bond donors (Lipinski definition) is 1. The van der Waals surface area contributed by atoms with Gasteiger partial charge in [-0.3, -0.25) is 4.79 Å². The van der Waals surface area contributed by atoms with Crippen molar-refractivity contribution in [3.05, 3.63) is 59.9 Å². The van der Waals surface area contributed by atoms with E-state index in [0.717, 1.165) is 5.75 Å². The number of halogens is 1. The fourth-order valence-electron chi connectivity index (χ4n) is 2.43. The molecule has 0 fully saturated rings. The van der Waals surface area contributed by atoms with Crippen LogP contribution in [0, 0.1) is 5.82 Å². The van der Waals surface area contributed by atoms with Crippen LogP contribution >= 0.6 is 0 Å². The molecule has 0 bridgehead atoms. The number of aryl methyl sites for hydroxylation is 1. The van der Waals surface area contributed by atoms with Crippen LogP contribution in [0.1, 0.15) is 12.0 Å². The minimum atomic E-state index is -0.277.